The lowest BCUT2D eigenvalue weighted by atomic mass is 10.1. The van der Waals surface area contributed by atoms with Crippen molar-refractivity contribution in [3.8, 4) is 0 Å². The average Bonchev–Trinajstić information content (AvgIpc) is 2.63. The molecule has 1 amide bonds. The number of hydrogen-bond donors (Lipinski definition) is 0. The van der Waals surface area contributed by atoms with E-state index in [1.54, 1.807) is 17.3 Å². The van der Waals surface area contributed by atoms with E-state index in [2.05, 4.69) is 20.9 Å². The van der Waals surface area contributed by atoms with Gasteiger partial charge in [-0.25, -0.2) is 4.39 Å². The molecule has 0 fully saturated rings. The van der Waals surface area contributed by atoms with Gasteiger partial charge in [-0.3, -0.25) is 9.78 Å². The zero-order chi connectivity index (χ0) is 18.5. The monoisotopic (exact) mass is 412 g/mol. The van der Waals surface area contributed by atoms with Gasteiger partial charge in [0.15, 0.2) is 0 Å². The van der Waals surface area contributed by atoms with Crippen molar-refractivity contribution in [3.05, 3.63) is 99.5 Å². The van der Waals surface area contributed by atoms with Crippen LogP contribution in [0.1, 0.15) is 27.0 Å². The van der Waals surface area contributed by atoms with E-state index in [-0.39, 0.29) is 11.7 Å². The van der Waals surface area contributed by atoms with E-state index in [4.69, 9.17) is 0 Å². The number of amides is 1. The number of carbonyl (C=O) groups excluding carboxylic acids is 1. The number of aromatic nitrogens is 1. The molecule has 0 aliphatic carbocycles. The number of halogens is 2. The highest BCUT2D eigenvalue weighted by molar-refractivity contribution is 9.10. The van der Waals surface area contributed by atoms with E-state index < -0.39 is 0 Å². The summed E-state index contributed by atoms with van der Waals surface area (Å²) >= 11 is 3.30. The molecule has 2 aromatic carbocycles. The summed E-state index contributed by atoms with van der Waals surface area (Å²) in [6.45, 7) is 2.91. The fourth-order valence-electron chi connectivity index (χ4n) is 2.74. The topological polar surface area (TPSA) is 33.2 Å². The maximum atomic E-state index is 13.4. The van der Waals surface area contributed by atoms with E-state index in [0.717, 1.165) is 16.7 Å². The smallest absolute Gasteiger partial charge is 0.255 e. The molecule has 0 aliphatic rings. The highest BCUT2D eigenvalue weighted by atomic mass is 79.9. The summed E-state index contributed by atoms with van der Waals surface area (Å²) < 4.78 is 13.8. The minimum absolute atomic E-state index is 0.163. The zero-order valence-electron chi connectivity index (χ0n) is 14.3. The highest BCUT2D eigenvalue weighted by Gasteiger charge is 2.20. The van der Waals surface area contributed by atoms with Crippen molar-refractivity contribution < 1.29 is 9.18 Å². The third-order valence-electron chi connectivity index (χ3n) is 4.17. The summed E-state index contributed by atoms with van der Waals surface area (Å²) in [5.41, 5.74) is 3.56. The number of carbonyl (C=O) groups is 1. The van der Waals surface area contributed by atoms with Gasteiger partial charge < -0.3 is 4.90 Å². The predicted octanol–water partition coefficient (Wildman–Crippen LogP) is 5.13. The van der Waals surface area contributed by atoms with E-state index in [9.17, 15) is 9.18 Å². The molecule has 0 saturated carbocycles. The molecule has 0 atom stereocenters. The summed E-state index contributed by atoms with van der Waals surface area (Å²) in [4.78, 5) is 19.0. The van der Waals surface area contributed by atoms with Crippen LogP contribution in [0.25, 0.3) is 0 Å². The first-order valence-electron chi connectivity index (χ1n) is 8.22. The molecule has 3 rings (SSSR count). The van der Waals surface area contributed by atoms with Crippen LogP contribution in [0, 0.1) is 12.7 Å². The van der Waals surface area contributed by atoms with Crippen LogP contribution in [0.5, 0.6) is 0 Å². The number of aryl methyl sites for hydroxylation is 1. The average molecular weight is 413 g/mol. The Bertz CT molecular complexity index is 915. The second kappa shape index (κ2) is 8.23. The van der Waals surface area contributed by atoms with Crippen molar-refractivity contribution in [2.75, 3.05) is 0 Å². The number of rotatable bonds is 5. The molecule has 5 heteroatoms. The van der Waals surface area contributed by atoms with E-state index >= 15 is 0 Å². The third-order valence-corrected chi connectivity index (χ3v) is 4.82. The predicted molar refractivity (Wildman–Crippen MR) is 103 cm³/mol. The highest BCUT2D eigenvalue weighted by Crippen LogP contribution is 2.22. The molecular formula is C21H18BrFN2O. The Balaban J connectivity index is 1.93. The zero-order valence-corrected chi connectivity index (χ0v) is 15.9. The Labute approximate surface area is 160 Å². The Hall–Kier alpha value is -2.53. The van der Waals surface area contributed by atoms with Gasteiger partial charge in [0.1, 0.15) is 5.82 Å². The van der Waals surface area contributed by atoms with Crippen molar-refractivity contribution in [2.45, 2.75) is 20.0 Å². The molecule has 0 N–H and O–H groups in total. The Morgan fingerprint density at radius 2 is 1.92 bits per heavy atom. The van der Waals surface area contributed by atoms with Gasteiger partial charge >= 0.3 is 0 Å². The Kier molecular flexibility index (Phi) is 5.78. The summed E-state index contributed by atoms with van der Waals surface area (Å²) in [5, 5.41) is 0. The van der Waals surface area contributed by atoms with Gasteiger partial charge in [0.05, 0.1) is 5.56 Å². The first kappa shape index (κ1) is 18.3. The van der Waals surface area contributed by atoms with Crippen molar-refractivity contribution in [2.24, 2.45) is 0 Å². The minimum atomic E-state index is -0.383. The van der Waals surface area contributed by atoms with Crippen LogP contribution in [0.2, 0.25) is 0 Å². The summed E-state index contributed by atoms with van der Waals surface area (Å²) in [6.07, 6.45) is 3.45. The number of pyridine rings is 1. The lowest BCUT2D eigenvalue weighted by Crippen LogP contribution is -2.30. The van der Waals surface area contributed by atoms with Gasteiger partial charge in [-0.1, -0.05) is 30.3 Å². The van der Waals surface area contributed by atoms with Crippen LogP contribution in [-0.4, -0.2) is 15.8 Å². The molecule has 3 aromatic rings. The third kappa shape index (κ3) is 4.35. The molecule has 0 unspecified atom stereocenters. The normalized spacial score (nSPS) is 10.6. The van der Waals surface area contributed by atoms with Crippen LogP contribution in [-0.2, 0) is 13.1 Å². The van der Waals surface area contributed by atoms with Crippen molar-refractivity contribution in [3.63, 3.8) is 0 Å². The lowest BCUT2D eigenvalue weighted by molar-refractivity contribution is 0.0728. The van der Waals surface area contributed by atoms with E-state index in [1.165, 1.54) is 18.2 Å². The molecule has 1 aromatic heterocycles. The summed E-state index contributed by atoms with van der Waals surface area (Å²) in [7, 11) is 0. The number of benzene rings is 2. The van der Waals surface area contributed by atoms with Gasteiger partial charge in [0, 0.05) is 30.0 Å². The van der Waals surface area contributed by atoms with Gasteiger partial charge in [0.25, 0.3) is 5.91 Å². The molecule has 0 radical (unpaired) electrons. The maximum Gasteiger partial charge on any atom is 0.255 e. The van der Waals surface area contributed by atoms with Crippen molar-refractivity contribution in [1.29, 1.82) is 0 Å². The van der Waals surface area contributed by atoms with Crippen molar-refractivity contribution >= 4 is 21.8 Å². The largest absolute Gasteiger partial charge is 0.330 e. The maximum absolute atomic E-state index is 13.4. The van der Waals surface area contributed by atoms with Gasteiger partial charge in [-0.15, -0.1) is 0 Å². The van der Waals surface area contributed by atoms with Crippen LogP contribution >= 0.6 is 15.9 Å². The summed E-state index contributed by atoms with van der Waals surface area (Å²) in [6, 6.07) is 15.9. The molecule has 26 heavy (non-hydrogen) atoms. The van der Waals surface area contributed by atoms with Crippen LogP contribution in [0.3, 0.4) is 0 Å². The van der Waals surface area contributed by atoms with Gasteiger partial charge in [-0.2, -0.15) is 0 Å². The van der Waals surface area contributed by atoms with Crippen LogP contribution in [0.4, 0.5) is 4.39 Å². The van der Waals surface area contributed by atoms with Crippen LogP contribution < -0.4 is 0 Å². The molecular weight excluding hydrogens is 395 g/mol. The Morgan fingerprint density at radius 1 is 1.12 bits per heavy atom. The summed E-state index contributed by atoms with van der Waals surface area (Å²) in [5.74, 6) is -0.546. The van der Waals surface area contributed by atoms with Gasteiger partial charge in [-0.05, 0) is 63.8 Å². The van der Waals surface area contributed by atoms with Crippen molar-refractivity contribution in [1.82, 2.24) is 9.88 Å². The quantitative estimate of drug-likeness (QED) is 0.581. The molecule has 0 spiro atoms. The fraction of sp³-hybridized carbons (Fsp3) is 0.143. The first-order chi connectivity index (χ1) is 12.5. The second-order valence-corrected chi connectivity index (χ2v) is 6.93. The number of hydrogen-bond acceptors (Lipinski definition) is 2. The molecule has 1 heterocycles. The van der Waals surface area contributed by atoms with E-state index in [1.807, 2.05) is 43.3 Å². The number of nitrogens with zero attached hydrogens (tertiary/aromatic N) is 2. The molecule has 0 bridgehead atoms. The molecule has 0 aliphatic heterocycles. The minimum Gasteiger partial charge on any atom is -0.330 e. The SMILES string of the molecule is Cc1ccccc1CN(Cc1cccnc1)C(=O)c1ccc(F)cc1Br. The van der Waals surface area contributed by atoms with Crippen LogP contribution in [0.15, 0.2) is 71.5 Å². The fourth-order valence-corrected chi connectivity index (χ4v) is 3.26. The molecule has 0 saturated heterocycles. The lowest BCUT2D eigenvalue weighted by Gasteiger charge is -2.24. The molecule has 132 valence electrons. The molecule has 3 nitrogen and oxygen atoms in total. The van der Waals surface area contributed by atoms with E-state index in [0.29, 0.717) is 23.1 Å². The first-order valence-corrected chi connectivity index (χ1v) is 9.01. The van der Waals surface area contributed by atoms with Gasteiger partial charge in [0.2, 0.25) is 0 Å². The Morgan fingerprint density at radius 3 is 2.62 bits per heavy atom. The standard InChI is InChI=1S/C21H18BrFN2O/c1-15-5-2-3-7-17(15)14-25(13-16-6-4-10-24-12-16)21(26)19-9-8-18(23)11-20(19)22/h2-12H,13-14H2,1H3. The second-order valence-electron chi connectivity index (χ2n) is 6.07.